The molecule has 0 aliphatic carbocycles. The number of rotatable bonds is 1. The van der Waals surface area contributed by atoms with E-state index in [1.165, 1.54) is 19.4 Å². The molecule has 3 rings (SSSR count). The third-order valence-electron chi connectivity index (χ3n) is 3.92. The van der Waals surface area contributed by atoms with Crippen molar-refractivity contribution in [1.29, 1.82) is 0 Å². The molecule has 2 unspecified atom stereocenters. The second kappa shape index (κ2) is 4.14. The number of piperazine rings is 1. The largest absolute Gasteiger partial charge is 0.381 e. The summed E-state index contributed by atoms with van der Waals surface area (Å²) < 4.78 is 0. The zero-order valence-electron chi connectivity index (χ0n) is 10.2. The molecule has 2 aliphatic heterocycles. The third-order valence-corrected chi connectivity index (χ3v) is 3.92. The van der Waals surface area contributed by atoms with Gasteiger partial charge >= 0.3 is 0 Å². The van der Waals surface area contributed by atoms with Crippen LogP contribution in [0.3, 0.4) is 0 Å². The predicted molar refractivity (Wildman–Crippen MR) is 67.8 cm³/mol. The highest BCUT2D eigenvalue weighted by molar-refractivity contribution is 5.58. The van der Waals surface area contributed by atoms with E-state index in [2.05, 4.69) is 26.7 Å². The van der Waals surface area contributed by atoms with E-state index in [0.29, 0.717) is 17.9 Å². The first-order valence-electron chi connectivity index (χ1n) is 6.33. The average Bonchev–Trinajstić information content (AvgIpc) is 2.76. The quantitative estimate of drug-likeness (QED) is 0.775. The normalized spacial score (nSPS) is 29.4. The number of hydrogen-bond acceptors (Lipinski definition) is 5. The minimum atomic E-state index is 0.461. The SMILES string of the molecule is CC1CN2CCCC2CN1c1nccnc1N. The Balaban J connectivity index is 1.85. The van der Waals surface area contributed by atoms with Gasteiger partial charge in [-0.2, -0.15) is 0 Å². The highest BCUT2D eigenvalue weighted by Crippen LogP contribution is 2.29. The number of hydrogen-bond donors (Lipinski definition) is 1. The van der Waals surface area contributed by atoms with Crippen molar-refractivity contribution in [3.05, 3.63) is 12.4 Å². The topological polar surface area (TPSA) is 58.3 Å². The van der Waals surface area contributed by atoms with Gasteiger partial charge in [-0.15, -0.1) is 0 Å². The van der Waals surface area contributed by atoms with E-state index in [0.717, 1.165) is 18.9 Å². The Morgan fingerprint density at radius 2 is 2.12 bits per heavy atom. The molecule has 2 atom stereocenters. The maximum atomic E-state index is 5.92. The van der Waals surface area contributed by atoms with E-state index in [9.17, 15) is 0 Å². The van der Waals surface area contributed by atoms with Gasteiger partial charge in [0.2, 0.25) is 0 Å². The molecular formula is C12H19N5. The second-order valence-corrected chi connectivity index (χ2v) is 5.06. The molecule has 1 aromatic rings. The summed E-state index contributed by atoms with van der Waals surface area (Å²) in [6.07, 6.45) is 5.99. The van der Waals surface area contributed by atoms with Crippen LogP contribution in [-0.2, 0) is 0 Å². The van der Waals surface area contributed by atoms with Crippen LogP contribution in [0.1, 0.15) is 19.8 Å². The van der Waals surface area contributed by atoms with Crippen LogP contribution in [0, 0.1) is 0 Å². The van der Waals surface area contributed by atoms with E-state index < -0.39 is 0 Å². The minimum absolute atomic E-state index is 0.461. The molecule has 92 valence electrons. The van der Waals surface area contributed by atoms with Crippen molar-refractivity contribution < 1.29 is 0 Å². The van der Waals surface area contributed by atoms with Crippen molar-refractivity contribution in [2.75, 3.05) is 30.3 Å². The van der Waals surface area contributed by atoms with Gasteiger partial charge in [0.15, 0.2) is 11.6 Å². The van der Waals surface area contributed by atoms with Crippen LogP contribution in [0.15, 0.2) is 12.4 Å². The molecule has 0 spiro atoms. The summed E-state index contributed by atoms with van der Waals surface area (Å²) in [6, 6.07) is 1.14. The van der Waals surface area contributed by atoms with Crippen LogP contribution in [-0.4, -0.2) is 46.6 Å². The fourth-order valence-electron chi connectivity index (χ4n) is 3.05. The van der Waals surface area contributed by atoms with Crippen molar-refractivity contribution in [1.82, 2.24) is 14.9 Å². The fraction of sp³-hybridized carbons (Fsp3) is 0.667. The average molecular weight is 233 g/mol. The van der Waals surface area contributed by atoms with Gasteiger partial charge in [0.1, 0.15) is 0 Å². The monoisotopic (exact) mass is 233 g/mol. The Bertz CT molecular complexity index is 408. The molecule has 0 aromatic carbocycles. The molecule has 0 amide bonds. The number of anilines is 2. The molecular weight excluding hydrogens is 214 g/mol. The summed E-state index contributed by atoms with van der Waals surface area (Å²) in [7, 11) is 0. The van der Waals surface area contributed by atoms with Crippen LogP contribution >= 0.6 is 0 Å². The molecule has 2 fully saturated rings. The van der Waals surface area contributed by atoms with Gasteiger partial charge in [-0.05, 0) is 26.3 Å². The number of fused-ring (bicyclic) bond motifs is 1. The lowest BCUT2D eigenvalue weighted by atomic mass is 10.1. The minimum Gasteiger partial charge on any atom is -0.381 e. The molecule has 1 aromatic heterocycles. The van der Waals surface area contributed by atoms with E-state index in [1.807, 2.05) is 0 Å². The highest BCUT2D eigenvalue weighted by atomic mass is 15.3. The van der Waals surface area contributed by atoms with Gasteiger partial charge in [0.25, 0.3) is 0 Å². The van der Waals surface area contributed by atoms with E-state index in [1.54, 1.807) is 12.4 Å². The third kappa shape index (κ3) is 1.84. The van der Waals surface area contributed by atoms with E-state index in [4.69, 9.17) is 5.73 Å². The van der Waals surface area contributed by atoms with Crippen molar-refractivity contribution in [3.8, 4) is 0 Å². The maximum absolute atomic E-state index is 5.92. The zero-order valence-corrected chi connectivity index (χ0v) is 10.2. The smallest absolute Gasteiger partial charge is 0.171 e. The molecule has 0 saturated carbocycles. The Kier molecular flexibility index (Phi) is 2.63. The lowest BCUT2D eigenvalue weighted by Gasteiger charge is -2.43. The lowest BCUT2D eigenvalue weighted by molar-refractivity contribution is 0.202. The summed E-state index contributed by atoms with van der Waals surface area (Å²) in [6.45, 7) is 5.63. The molecule has 2 saturated heterocycles. The van der Waals surface area contributed by atoms with Gasteiger partial charge in [0.05, 0.1) is 0 Å². The first kappa shape index (κ1) is 10.8. The van der Waals surface area contributed by atoms with Crippen LogP contribution in [0.5, 0.6) is 0 Å². The maximum Gasteiger partial charge on any atom is 0.171 e. The fourth-order valence-corrected chi connectivity index (χ4v) is 3.05. The Labute approximate surface area is 102 Å². The highest BCUT2D eigenvalue weighted by Gasteiger charge is 2.35. The Hall–Kier alpha value is -1.36. The summed E-state index contributed by atoms with van der Waals surface area (Å²) in [5.74, 6) is 1.40. The molecule has 0 radical (unpaired) electrons. The predicted octanol–water partition coefficient (Wildman–Crippen LogP) is 0.732. The van der Waals surface area contributed by atoms with E-state index >= 15 is 0 Å². The van der Waals surface area contributed by atoms with Gasteiger partial charge in [0, 0.05) is 37.6 Å². The number of aromatic nitrogens is 2. The summed E-state index contributed by atoms with van der Waals surface area (Å²) in [4.78, 5) is 13.4. The first-order chi connectivity index (χ1) is 8.25. The Morgan fingerprint density at radius 1 is 1.29 bits per heavy atom. The van der Waals surface area contributed by atoms with Crippen LogP contribution in [0.2, 0.25) is 0 Å². The van der Waals surface area contributed by atoms with Crippen molar-refractivity contribution in [2.24, 2.45) is 0 Å². The van der Waals surface area contributed by atoms with Crippen molar-refractivity contribution in [3.63, 3.8) is 0 Å². The molecule has 5 nitrogen and oxygen atoms in total. The van der Waals surface area contributed by atoms with Gasteiger partial charge in [-0.25, -0.2) is 9.97 Å². The molecule has 2 aliphatic rings. The molecule has 3 heterocycles. The van der Waals surface area contributed by atoms with Crippen LogP contribution in [0.4, 0.5) is 11.6 Å². The summed E-state index contributed by atoms with van der Waals surface area (Å²) in [5, 5.41) is 0. The van der Waals surface area contributed by atoms with Gasteiger partial charge in [-0.3, -0.25) is 4.90 Å². The molecule has 17 heavy (non-hydrogen) atoms. The summed E-state index contributed by atoms with van der Waals surface area (Å²) >= 11 is 0. The first-order valence-corrected chi connectivity index (χ1v) is 6.33. The van der Waals surface area contributed by atoms with Gasteiger partial charge < -0.3 is 10.6 Å². The lowest BCUT2D eigenvalue weighted by Crippen LogP contribution is -2.55. The number of nitrogen functional groups attached to an aromatic ring is 1. The van der Waals surface area contributed by atoms with E-state index in [-0.39, 0.29) is 0 Å². The molecule has 0 bridgehead atoms. The summed E-state index contributed by atoms with van der Waals surface area (Å²) in [5.41, 5.74) is 5.92. The number of nitrogens with zero attached hydrogens (tertiary/aromatic N) is 4. The Morgan fingerprint density at radius 3 is 2.94 bits per heavy atom. The van der Waals surface area contributed by atoms with Crippen LogP contribution in [0.25, 0.3) is 0 Å². The molecule has 2 N–H and O–H groups in total. The molecule has 5 heteroatoms. The van der Waals surface area contributed by atoms with Crippen molar-refractivity contribution >= 4 is 11.6 Å². The van der Waals surface area contributed by atoms with Crippen LogP contribution < -0.4 is 10.6 Å². The zero-order chi connectivity index (χ0) is 11.8. The standard InChI is InChI=1S/C12H19N5/c1-9-7-16-6-2-3-10(16)8-17(9)12-11(13)14-4-5-15-12/h4-5,9-10H,2-3,6-8H2,1H3,(H2,13,14). The van der Waals surface area contributed by atoms with Gasteiger partial charge in [-0.1, -0.05) is 0 Å². The number of nitrogens with two attached hydrogens (primary N) is 1. The second-order valence-electron chi connectivity index (χ2n) is 5.06. The van der Waals surface area contributed by atoms with Crippen molar-refractivity contribution in [2.45, 2.75) is 31.8 Å².